The molecule has 0 radical (unpaired) electrons. The van der Waals surface area contributed by atoms with Crippen LogP contribution in [-0.2, 0) is 0 Å². The van der Waals surface area contributed by atoms with E-state index in [4.69, 9.17) is 0 Å². The maximum Gasteiger partial charge on any atom is -0.00205 e. The molecule has 0 aromatic rings. The lowest BCUT2D eigenvalue weighted by atomic mass is 9.91. The summed E-state index contributed by atoms with van der Waals surface area (Å²) in [6, 6.07) is 0. The van der Waals surface area contributed by atoms with Crippen molar-refractivity contribution in [3.05, 3.63) is 0 Å². The second-order valence-electron chi connectivity index (χ2n) is 4.87. The Kier molecular flexibility index (Phi) is 7.94. The first-order chi connectivity index (χ1) is 7.43. The van der Waals surface area contributed by atoms with Gasteiger partial charge in [0.05, 0.1) is 0 Å². The zero-order valence-corrected chi connectivity index (χ0v) is 10.4. The quantitative estimate of drug-likeness (QED) is 0.661. The van der Waals surface area contributed by atoms with E-state index in [1.54, 1.807) is 0 Å². The molecule has 0 atom stereocenters. The Morgan fingerprint density at radius 2 is 1.60 bits per heavy atom. The van der Waals surface area contributed by atoms with Gasteiger partial charge in [-0.1, -0.05) is 32.1 Å². The van der Waals surface area contributed by atoms with E-state index in [-0.39, 0.29) is 0 Å². The minimum Gasteiger partial charge on any atom is -0.320 e. The minimum atomic E-state index is 0.958. The number of rotatable bonds is 6. The molecule has 0 saturated heterocycles. The number of hydrogen-bond donors (Lipinski definition) is 2. The maximum atomic E-state index is 3.60. The SMILES string of the molecule is CNCCCNCC1CCCCCCC1. The Hall–Kier alpha value is -0.0800. The number of nitrogens with one attached hydrogen (secondary N) is 2. The fourth-order valence-corrected chi connectivity index (χ4v) is 2.44. The summed E-state index contributed by atoms with van der Waals surface area (Å²) in [5.74, 6) is 0.958. The molecule has 0 aromatic heterocycles. The van der Waals surface area contributed by atoms with Crippen molar-refractivity contribution in [2.75, 3.05) is 26.7 Å². The number of hydrogen-bond acceptors (Lipinski definition) is 2. The summed E-state index contributed by atoms with van der Waals surface area (Å²) in [5.41, 5.74) is 0. The van der Waals surface area contributed by atoms with Gasteiger partial charge in [0.2, 0.25) is 0 Å². The molecule has 0 heterocycles. The summed E-state index contributed by atoms with van der Waals surface area (Å²) in [7, 11) is 2.02. The Bertz CT molecular complexity index is 128. The largest absolute Gasteiger partial charge is 0.320 e. The predicted molar refractivity (Wildman–Crippen MR) is 67.2 cm³/mol. The van der Waals surface area contributed by atoms with Gasteiger partial charge in [-0.2, -0.15) is 0 Å². The van der Waals surface area contributed by atoms with Crippen LogP contribution in [0.2, 0.25) is 0 Å². The lowest BCUT2D eigenvalue weighted by molar-refractivity contribution is 0.360. The van der Waals surface area contributed by atoms with Crippen LogP contribution in [0, 0.1) is 5.92 Å². The average Bonchev–Trinajstić information content (AvgIpc) is 2.20. The summed E-state index contributed by atoms with van der Waals surface area (Å²) < 4.78 is 0. The topological polar surface area (TPSA) is 24.1 Å². The molecule has 2 nitrogen and oxygen atoms in total. The van der Waals surface area contributed by atoms with Crippen molar-refractivity contribution in [2.45, 2.75) is 51.4 Å². The van der Waals surface area contributed by atoms with E-state index in [0.29, 0.717) is 0 Å². The zero-order chi connectivity index (χ0) is 10.8. The van der Waals surface area contributed by atoms with E-state index in [1.807, 2.05) is 7.05 Å². The van der Waals surface area contributed by atoms with E-state index in [9.17, 15) is 0 Å². The first-order valence-electron chi connectivity index (χ1n) is 6.79. The van der Waals surface area contributed by atoms with Gasteiger partial charge in [-0.25, -0.2) is 0 Å². The van der Waals surface area contributed by atoms with Crippen LogP contribution in [-0.4, -0.2) is 26.7 Å². The average molecular weight is 212 g/mol. The Morgan fingerprint density at radius 1 is 0.933 bits per heavy atom. The third-order valence-corrected chi connectivity index (χ3v) is 3.44. The molecule has 0 bridgehead atoms. The second kappa shape index (κ2) is 9.17. The van der Waals surface area contributed by atoms with Crippen molar-refractivity contribution >= 4 is 0 Å². The van der Waals surface area contributed by atoms with Gasteiger partial charge in [0.25, 0.3) is 0 Å². The first-order valence-corrected chi connectivity index (χ1v) is 6.79. The summed E-state index contributed by atoms with van der Waals surface area (Å²) in [6.45, 7) is 3.57. The van der Waals surface area contributed by atoms with E-state index in [0.717, 1.165) is 12.5 Å². The molecule has 0 spiro atoms. The molecular weight excluding hydrogens is 184 g/mol. The van der Waals surface area contributed by atoms with Crippen LogP contribution in [0.25, 0.3) is 0 Å². The lowest BCUT2D eigenvalue weighted by Crippen LogP contribution is -2.26. The highest BCUT2D eigenvalue weighted by Crippen LogP contribution is 2.21. The van der Waals surface area contributed by atoms with E-state index < -0.39 is 0 Å². The molecule has 2 heteroatoms. The molecule has 1 saturated carbocycles. The summed E-state index contributed by atoms with van der Waals surface area (Å²) in [5, 5.41) is 6.78. The van der Waals surface area contributed by atoms with Gasteiger partial charge < -0.3 is 10.6 Å². The Labute approximate surface area is 95.2 Å². The molecule has 0 amide bonds. The third kappa shape index (κ3) is 6.91. The van der Waals surface area contributed by atoms with Crippen LogP contribution < -0.4 is 10.6 Å². The van der Waals surface area contributed by atoms with Crippen molar-refractivity contribution in [3.8, 4) is 0 Å². The summed E-state index contributed by atoms with van der Waals surface area (Å²) in [4.78, 5) is 0. The summed E-state index contributed by atoms with van der Waals surface area (Å²) >= 11 is 0. The maximum absolute atomic E-state index is 3.60. The molecular formula is C13H28N2. The molecule has 1 rings (SSSR count). The molecule has 0 unspecified atom stereocenters. The molecule has 15 heavy (non-hydrogen) atoms. The molecule has 1 fully saturated rings. The molecule has 1 aliphatic carbocycles. The van der Waals surface area contributed by atoms with Crippen LogP contribution in [0.15, 0.2) is 0 Å². The highest BCUT2D eigenvalue weighted by atomic mass is 14.9. The van der Waals surface area contributed by atoms with Gasteiger partial charge in [-0.15, -0.1) is 0 Å². The Morgan fingerprint density at radius 3 is 2.27 bits per heavy atom. The van der Waals surface area contributed by atoms with Gasteiger partial charge in [-0.3, -0.25) is 0 Å². The highest BCUT2D eigenvalue weighted by Gasteiger charge is 2.10. The van der Waals surface area contributed by atoms with Gasteiger partial charge >= 0.3 is 0 Å². The predicted octanol–water partition coefficient (Wildman–Crippen LogP) is 2.55. The van der Waals surface area contributed by atoms with E-state index in [1.165, 1.54) is 64.5 Å². The van der Waals surface area contributed by atoms with Gasteiger partial charge in [0.15, 0.2) is 0 Å². The van der Waals surface area contributed by atoms with E-state index in [2.05, 4.69) is 10.6 Å². The van der Waals surface area contributed by atoms with Crippen LogP contribution >= 0.6 is 0 Å². The normalized spacial score (nSPS) is 19.8. The van der Waals surface area contributed by atoms with Crippen molar-refractivity contribution in [3.63, 3.8) is 0 Å². The van der Waals surface area contributed by atoms with Crippen LogP contribution in [0.1, 0.15) is 51.4 Å². The molecule has 90 valence electrons. The first kappa shape index (κ1) is 13.0. The minimum absolute atomic E-state index is 0.958. The smallest absolute Gasteiger partial charge is 0.00205 e. The monoisotopic (exact) mass is 212 g/mol. The van der Waals surface area contributed by atoms with Crippen molar-refractivity contribution in [1.82, 2.24) is 10.6 Å². The second-order valence-corrected chi connectivity index (χ2v) is 4.87. The Balaban J connectivity index is 1.97. The lowest BCUT2D eigenvalue weighted by Gasteiger charge is -2.20. The fourth-order valence-electron chi connectivity index (χ4n) is 2.44. The molecule has 2 N–H and O–H groups in total. The van der Waals surface area contributed by atoms with Crippen molar-refractivity contribution in [2.24, 2.45) is 5.92 Å². The molecule has 1 aliphatic rings. The van der Waals surface area contributed by atoms with Crippen molar-refractivity contribution in [1.29, 1.82) is 0 Å². The van der Waals surface area contributed by atoms with Crippen LogP contribution in [0.4, 0.5) is 0 Å². The summed E-state index contributed by atoms with van der Waals surface area (Å²) in [6.07, 6.45) is 11.5. The molecule has 0 aromatic carbocycles. The van der Waals surface area contributed by atoms with Crippen LogP contribution in [0.5, 0.6) is 0 Å². The standard InChI is InChI=1S/C13H28N2/c1-14-10-7-11-15-12-13-8-5-3-2-4-6-9-13/h13-15H,2-12H2,1H3. The van der Waals surface area contributed by atoms with Gasteiger partial charge in [0.1, 0.15) is 0 Å². The zero-order valence-electron chi connectivity index (χ0n) is 10.4. The van der Waals surface area contributed by atoms with Gasteiger partial charge in [-0.05, 0) is 51.9 Å². The highest BCUT2D eigenvalue weighted by molar-refractivity contribution is 4.66. The molecule has 0 aliphatic heterocycles. The third-order valence-electron chi connectivity index (χ3n) is 3.44. The fraction of sp³-hybridized carbons (Fsp3) is 1.00. The van der Waals surface area contributed by atoms with E-state index >= 15 is 0 Å². The van der Waals surface area contributed by atoms with Crippen molar-refractivity contribution < 1.29 is 0 Å². The van der Waals surface area contributed by atoms with Gasteiger partial charge in [0, 0.05) is 0 Å². The van der Waals surface area contributed by atoms with Crippen LogP contribution in [0.3, 0.4) is 0 Å².